The van der Waals surface area contributed by atoms with E-state index in [0.717, 1.165) is 0 Å². The lowest BCUT2D eigenvalue weighted by Crippen LogP contribution is -1.90. The van der Waals surface area contributed by atoms with Gasteiger partial charge in [0.1, 0.15) is 17.3 Å². The summed E-state index contributed by atoms with van der Waals surface area (Å²) in [5.74, 6) is 1.54. The smallest absolute Gasteiger partial charge is 0.132 e. The van der Waals surface area contributed by atoms with Crippen molar-refractivity contribution in [3.05, 3.63) is 46.6 Å². The van der Waals surface area contributed by atoms with Crippen molar-refractivity contribution in [2.24, 2.45) is 0 Å². The Labute approximate surface area is 103 Å². The van der Waals surface area contributed by atoms with Crippen LogP contribution in [0.15, 0.2) is 36.5 Å². The highest BCUT2D eigenvalue weighted by atomic mass is 35.5. The SMILES string of the molecule is Nc1cc(Oc2cc(Cl)cc(Cl)c2)ccn1. The first-order valence-corrected chi connectivity index (χ1v) is 5.24. The summed E-state index contributed by atoms with van der Waals surface area (Å²) in [6, 6.07) is 8.30. The monoisotopic (exact) mass is 254 g/mol. The van der Waals surface area contributed by atoms with Crippen molar-refractivity contribution in [1.29, 1.82) is 0 Å². The highest BCUT2D eigenvalue weighted by molar-refractivity contribution is 6.34. The van der Waals surface area contributed by atoms with Gasteiger partial charge in [-0.3, -0.25) is 0 Å². The maximum Gasteiger partial charge on any atom is 0.132 e. The van der Waals surface area contributed by atoms with Gasteiger partial charge in [0.2, 0.25) is 0 Å². The molecule has 3 nitrogen and oxygen atoms in total. The number of hydrogen-bond donors (Lipinski definition) is 1. The van der Waals surface area contributed by atoms with E-state index in [1.165, 1.54) is 0 Å². The fourth-order valence-electron chi connectivity index (χ4n) is 1.21. The van der Waals surface area contributed by atoms with E-state index in [1.807, 2.05) is 0 Å². The number of pyridine rings is 1. The van der Waals surface area contributed by atoms with E-state index in [0.29, 0.717) is 27.4 Å². The molecule has 5 heteroatoms. The van der Waals surface area contributed by atoms with Crippen LogP contribution in [-0.4, -0.2) is 4.98 Å². The van der Waals surface area contributed by atoms with Gasteiger partial charge < -0.3 is 10.5 Å². The van der Waals surface area contributed by atoms with Crippen LogP contribution in [0.25, 0.3) is 0 Å². The molecule has 0 saturated heterocycles. The van der Waals surface area contributed by atoms with Gasteiger partial charge >= 0.3 is 0 Å². The number of aromatic nitrogens is 1. The van der Waals surface area contributed by atoms with Gasteiger partial charge in [-0.15, -0.1) is 0 Å². The maximum atomic E-state index is 5.85. The summed E-state index contributed by atoms with van der Waals surface area (Å²) >= 11 is 11.7. The third-order valence-electron chi connectivity index (χ3n) is 1.82. The van der Waals surface area contributed by atoms with E-state index in [9.17, 15) is 0 Å². The molecule has 2 aromatic rings. The first-order valence-electron chi connectivity index (χ1n) is 4.49. The molecule has 1 heterocycles. The lowest BCUT2D eigenvalue weighted by atomic mass is 10.3. The standard InChI is InChI=1S/C11H8Cl2N2O/c12-7-3-8(13)5-10(4-7)16-9-1-2-15-11(14)6-9/h1-6H,(H2,14,15). The Hall–Kier alpha value is -1.45. The minimum Gasteiger partial charge on any atom is -0.457 e. The second-order valence-corrected chi connectivity index (χ2v) is 4.00. The predicted molar refractivity (Wildman–Crippen MR) is 65.2 cm³/mol. The molecule has 82 valence electrons. The summed E-state index contributed by atoms with van der Waals surface area (Å²) < 4.78 is 5.53. The number of nitrogen functional groups attached to an aromatic ring is 1. The van der Waals surface area contributed by atoms with Gasteiger partial charge in [-0.25, -0.2) is 4.98 Å². The van der Waals surface area contributed by atoms with Crippen molar-refractivity contribution in [2.75, 3.05) is 5.73 Å². The summed E-state index contributed by atoms with van der Waals surface area (Å²) in [5.41, 5.74) is 5.53. The normalized spacial score (nSPS) is 10.1. The van der Waals surface area contributed by atoms with Crippen LogP contribution < -0.4 is 10.5 Å². The first-order chi connectivity index (χ1) is 7.63. The summed E-state index contributed by atoms with van der Waals surface area (Å²) in [7, 11) is 0. The second-order valence-electron chi connectivity index (χ2n) is 3.12. The Kier molecular flexibility index (Phi) is 3.17. The number of rotatable bonds is 2. The number of hydrogen-bond acceptors (Lipinski definition) is 3. The topological polar surface area (TPSA) is 48.1 Å². The Morgan fingerprint density at radius 2 is 1.69 bits per heavy atom. The highest BCUT2D eigenvalue weighted by Gasteiger charge is 2.01. The van der Waals surface area contributed by atoms with Crippen LogP contribution in [0, 0.1) is 0 Å². The van der Waals surface area contributed by atoms with Crippen molar-refractivity contribution < 1.29 is 4.74 Å². The summed E-state index contributed by atoms with van der Waals surface area (Å²) in [5, 5.41) is 1.04. The van der Waals surface area contributed by atoms with Crippen LogP contribution in [0.1, 0.15) is 0 Å². The molecule has 0 bridgehead atoms. The van der Waals surface area contributed by atoms with E-state index in [1.54, 1.807) is 36.5 Å². The van der Waals surface area contributed by atoms with Crippen LogP contribution in [0.5, 0.6) is 11.5 Å². The van der Waals surface area contributed by atoms with Crippen LogP contribution in [0.4, 0.5) is 5.82 Å². The molecule has 2 rings (SSSR count). The quantitative estimate of drug-likeness (QED) is 0.888. The third kappa shape index (κ3) is 2.78. The predicted octanol–water partition coefficient (Wildman–Crippen LogP) is 3.76. The Morgan fingerprint density at radius 1 is 1.00 bits per heavy atom. The van der Waals surface area contributed by atoms with Crippen molar-refractivity contribution in [1.82, 2.24) is 4.98 Å². The number of anilines is 1. The second kappa shape index (κ2) is 4.60. The number of nitrogens with two attached hydrogens (primary N) is 1. The van der Waals surface area contributed by atoms with Crippen molar-refractivity contribution in [3.8, 4) is 11.5 Å². The van der Waals surface area contributed by atoms with Gasteiger partial charge in [0.05, 0.1) is 0 Å². The number of ether oxygens (including phenoxy) is 1. The molecule has 1 aromatic carbocycles. The molecule has 0 aliphatic heterocycles. The minimum absolute atomic E-state index is 0.394. The lowest BCUT2D eigenvalue weighted by molar-refractivity contribution is 0.482. The molecule has 0 aliphatic carbocycles. The summed E-state index contributed by atoms with van der Waals surface area (Å²) in [6.07, 6.45) is 1.57. The van der Waals surface area contributed by atoms with Crippen molar-refractivity contribution in [3.63, 3.8) is 0 Å². The first kappa shape index (κ1) is 11.0. The van der Waals surface area contributed by atoms with Crippen molar-refractivity contribution in [2.45, 2.75) is 0 Å². The van der Waals surface area contributed by atoms with Gasteiger partial charge in [-0.2, -0.15) is 0 Å². The molecule has 0 radical (unpaired) electrons. The van der Waals surface area contributed by atoms with Gasteiger partial charge in [0, 0.05) is 22.3 Å². The average Bonchev–Trinajstić information content (AvgIpc) is 2.15. The zero-order chi connectivity index (χ0) is 11.5. The molecule has 2 N–H and O–H groups in total. The highest BCUT2D eigenvalue weighted by Crippen LogP contribution is 2.28. The molecule has 16 heavy (non-hydrogen) atoms. The van der Waals surface area contributed by atoms with Crippen LogP contribution in [0.2, 0.25) is 10.0 Å². The molecule has 0 saturated carbocycles. The van der Waals surface area contributed by atoms with Crippen LogP contribution in [-0.2, 0) is 0 Å². The molecule has 0 aliphatic rings. The Bertz CT molecular complexity index is 497. The molecule has 1 aromatic heterocycles. The van der Waals surface area contributed by atoms with Crippen LogP contribution >= 0.6 is 23.2 Å². The molecule has 0 unspecified atom stereocenters. The van der Waals surface area contributed by atoms with E-state index in [4.69, 9.17) is 33.7 Å². The fourth-order valence-corrected chi connectivity index (χ4v) is 1.72. The molecule has 0 spiro atoms. The van der Waals surface area contributed by atoms with E-state index < -0.39 is 0 Å². The minimum atomic E-state index is 0.394. The molecule has 0 fully saturated rings. The van der Waals surface area contributed by atoms with Crippen LogP contribution in [0.3, 0.4) is 0 Å². The van der Waals surface area contributed by atoms with E-state index >= 15 is 0 Å². The molecular formula is C11H8Cl2N2O. The number of halogens is 2. The zero-order valence-corrected chi connectivity index (χ0v) is 9.66. The van der Waals surface area contributed by atoms with Gasteiger partial charge in [-0.05, 0) is 24.3 Å². The molecular weight excluding hydrogens is 247 g/mol. The van der Waals surface area contributed by atoms with E-state index in [2.05, 4.69) is 4.98 Å². The largest absolute Gasteiger partial charge is 0.457 e. The van der Waals surface area contributed by atoms with Crippen molar-refractivity contribution >= 4 is 29.0 Å². The molecule has 0 atom stereocenters. The third-order valence-corrected chi connectivity index (χ3v) is 2.26. The summed E-state index contributed by atoms with van der Waals surface area (Å²) in [6.45, 7) is 0. The number of nitrogens with zero attached hydrogens (tertiary/aromatic N) is 1. The number of benzene rings is 1. The maximum absolute atomic E-state index is 5.85. The molecule has 0 amide bonds. The van der Waals surface area contributed by atoms with Gasteiger partial charge in [0.25, 0.3) is 0 Å². The fraction of sp³-hybridized carbons (Fsp3) is 0. The Balaban J connectivity index is 2.27. The van der Waals surface area contributed by atoms with Gasteiger partial charge in [-0.1, -0.05) is 23.2 Å². The zero-order valence-electron chi connectivity index (χ0n) is 8.15. The Morgan fingerprint density at radius 3 is 2.31 bits per heavy atom. The van der Waals surface area contributed by atoms with E-state index in [-0.39, 0.29) is 0 Å². The average molecular weight is 255 g/mol. The van der Waals surface area contributed by atoms with Gasteiger partial charge in [0.15, 0.2) is 0 Å². The summed E-state index contributed by atoms with van der Waals surface area (Å²) in [4.78, 5) is 3.86. The lowest BCUT2D eigenvalue weighted by Gasteiger charge is -2.06.